The zero-order chi connectivity index (χ0) is 17.5. The molecule has 0 bridgehead atoms. The molecular weight excluding hydrogens is 380 g/mol. The molecule has 6 heteroatoms. The van der Waals surface area contributed by atoms with E-state index in [1.807, 2.05) is 54.6 Å². The Balaban J connectivity index is 1.59. The van der Waals surface area contributed by atoms with Crippen LogP contribution in [0.3, 0.4) is 0 Å². The van der Waals surface area contributed by atoms with Gasteiger partial charge in [-0.25, -0.2) is 9.97 Å². The van der Waals surface area contributed by atoms with Crippen LogP contribution in [0.4, 0.5) is 11.6 Å². The van der Waals surface area contributed by atoms with Crippen LogP contribution in [0.25, 0.3) is 0 Å². The van der Waals surface area contributed by atoms with Gasteiger partial charge in [-0.3, -0.25) is 4.79 Å². The van der Waals surface area contributed by atoms with Crippen LogP contribution in [0.5, 0.6) is 0 Å². The quantitative estimate of drug-likeness (QED) is 0.661. The number of rotatable bonds is 6. The predicted molar refractivity (Wildman–Crippen MR) is 102 cm³/mol. The lowest BCUT2D eigenvalue weighted by Gasteiger charge is -2.08. The fourth-order valence-electron chi connectivity index (χ4n) is 2.30. The lowest BCUT2D eigenvalue weighted by atomic mass is 10.1. The highest BCUT2D eigenvalue weighted by molar-refractivity contribution is 9.10. The third-order valence-electron chi connectivity index (χ3n) is 3.51. The Kier molecular flexibility index (Phi) is 5.74. The van der Waals surface area contributed by atoms with Gasteiger partial charge in [0.2, 0.25) is 5.95 Å². The number of carbonyl (C=O) groups is 1. The summed E-state index contributed by atoms with van der Waals surface area (Å²) >= 11 is 3.42. The van der Waals surface area contributed by atoms with Gasteiger partial charge in [-0.15, -0.1) is 0 Å². The summed E-state index contributed by atoms with van der Waals surface area (Å²) < 4.78 is 0.951. The van der Waals surface area contributed by atoms with E-state index in [1.165, 1.54) is 5.56 Å². The number of aromatic nitrogens is 2. The zero-order valence-electron chi connectivity index (χ0n) is 13.4. The molecule has 1 amide bonds. The molecular formula is C19H17BrN4O. The maximum absolute atomic E-state index is 12.3. The maximum atomic E-state index is 12.3. The number of amides is 1. The van der Waals surface area contributed by atoms with Crippen LogP contribution in [0, 0.1) is 0 Å². The van der Waals surface area contributed by atoms with E-state index in [1.54, 1.807) is 12.3 Å². The van der Waals surface area contributed by atoms with Crippen molar-refractivity contribution in [3.8, 4) is 0 Å². The van der Waals surface area contributed by atoms with Crippen LogP contribution in [0.1, 0.15) is 16.1 Å². The van der Waals surface area contributed by atoms with Crippen molar-refractivity contribution >= 4 is 33.5 Å². The summed E-state index contributed by atoms with van der Waals surface area (Å²) in [6, 6.07) is 19.3. The number of hydrogen-bond acceptors (Lipinski definition) is 4. The topological polar surface area (TPSA) is 66.9 Å². The fourth-order valence-corrected chi connectivity index (χ4v) is 2.70. The molecule has 5 nitrogen and oxygen atoms in total. The molecule has 0 aliphatic heterocycles. The van der Waals surface area contributed by atoms with E-state index in [0.29, 0.717) is 18.2 Å². The van der Waals surface area contributed by atoms with Crippen molar-refractivity contribution in [3.63, 3.8) is 0 Å². The highest BCUT2D eigenvalue weighted by Crippen LogP contribution is 2.18. The molecule has 126 valence electrons. The van der Waals surface area contributed by atoms with Gasteiger partial charge in [0.1, 0.15) is 5.69 Å². The number of hydrogen-bond donors (Lipinski definition) is 2. The summed E-state index contributed by atoms with van der Waals surface area (Å²) in [6.45, 7) is 0.557. The fraction of sp³-hybridized carbons (Fsp3) is 0.105. The maximum Gasteiger partial charge on any atom is 0.270 e. The molecule has 25 heavy (non-hydrogen) atoms. The number of nitrogens with one attached hydrogen (secondary N) is 2. The normalized spacial score (nSPS) is 10.3. The van der Waals surface area contributed by atoms with E-state index >= 15 is 0 Å². The Morgan fingerprint density at radius 2 is 1.88 bits per heavy atom. The Morgan fingerprint density at radius 3 is 2.68 bits per heavy atom. The van der Waals surface area contributed by atoms with Gasteiger partial charge in [-0.1, -0.05) is 52.3 Å². The largest absolute Gasteiger partial charge is 0.350 e. The summed E-state index contributed by atoms with van der Waals surface area (Å²) in [5.41, 5.74) is 2.36. The van der Waals surface area contributed by atoms with E-state index in [4.69, 9.17) is 0 Å². The summed E-state index contributed by atoms with van der Waals surface area (Å²) in [5, 5.41) is 5.97. The second-order valence-electron chi connectivity index (χ2n) is 5.39. The van der Waals surface area contributed by atoms with Gasteiger partial charge < -0.3 is 10.6 Å². The van der Waals surface area contributed by atoms with Crippen molar-refractivity contribution in [1.82, 2.24) is 15.3 Å². The minimum Gasteiger partial charge on any atom is -0.350 e. The van der Waals surface area contributed by atoms with Crippen molar-refractivity contribution < 1.29 is 4.79 Å². The first kappa shape index (κ1) is 17.1. The van der Waals surface area contributed by atoms with E-state index in [-0.39, 0.29) is 5.91 Å². The van der Waals surface area contributed by atoms with Crippen molar-refractivity contribution in [2.75, 3.05) is 11.9 Å². The van der Waals surface area contributed by atoms with E-state index < -0.39 is 0 Å². The first-order valence-electron chi connectivity index (χ1n) is 7.88. The van der Waals surface area contributed by atoms with Gasteiger partial charge >= 0.3 is 0 Å². The number of halogens is 1. The SMILES string of the molecule is O=C(NCCc1ccccc1)c1ccnc(Nc2cccc(Br)c2)n1. The molecule has 0 unspecified atom stereocenters. The lowest BCUT2D eigenvalue weighted by Crippen LogP contribution is -2.26. The Bertz CT molecular complexity index is 855. The van der Waals surface area contributed by atoms with Gasteiger partial charge in [0.25, 0.3) is 5.91 Å². The summed E-state index contributed by atoms with van der Waals surface area (Å²) in [5.74, 6) is 0.171. The minimum absolute atomic E-state index is 0.212. The van der Waals surface area contributed by atoms with Gasteiger partial charge in [0, 0.05) is 22.9 Å². The van der Waals surface area contributed by atoms with Crippen LogP contribution >= 0.6 is 15.9 Å². The molecule has 0 aliphatic rings. The predicted octanol–water partition coefficient (Wildman–Crippen LogP) is 3.96. The average molecular weight is 397 g/mol. The van der Waals surface area contributed by atoms with Gasteiger partial charge in [-0.05, 0) is 36.2 Å². The number of carbonyl (C=O) groups excluding carboxylic acids is 1. The van der Waals surface area contributed by atoms with Gasteiger partial charge in [0.05, 0.1) is 0 Å². The van der Waals surface area contributed by atoms with E-state index in [2.05, 4.69) is 36.5 Å². The summed E-state index contributed by atoms with van der Waals surface area (Å²) in [6.07, 6.45) is 2.35. The van der Waals surface area contributed by atoms with Crippen LogP contribution in [-0.2, 0) is 6.42 Å². The second-order valence-corrected chi connectivity index (χ2v) is 6.31. The lowest BCUT2D eigenvalue weighted by molar-refractivity contribution is 0.0949. The molecule has 1 aromatic heterocycles. The van der Waals surface area contributed by atoms with E-state index in [0.717, 1.165) is 16.6 Å². The van der Waals surface area contributed by atoms with Crippen LogP contribution in [0.2, 0.25) is 0 Å². The van der Waals surface area contributed by atoms with E-state index in [9.17, 15) is 4.79 Å². The van der Waals surface area contributed by atoms with Crippen molar-refractivity contribution in [1.29, 1.82) is 0 Å². The van der Waals surface area contributed by atoms with Crippen molar-refractivity contribution in [2.45, 2.75) is 6.42 Å². The van der Waals surface area contributed by atoms with Crippen LogP contribution in [-0.4, -0.2) is 22.4 Å². The Labute approximate surface area is 154 Å². The van der Waals surface area contributed by atoms with Crippen LogP contribution < -0.4 is 10.6 Å². The Morgan fingerprint density at radius 1 is 1.04 bits per heavy atom. The number of benzene rings is 2. The van der Waals surface area contributed by atoms with Crippen molar-refractivity contribution in [3.05, 3.63) is 82.6 Å². The molecule has 1 heterocycles. The third kappa shape index (κ3) is 5.12. The summed E-state index contributed by atoms with van der Waals surface area (Å²) in [4.78, 5) is 20.7. The molecule has 3 rings (SSSR count). The monoisotopic (exact) mass is 396 g/mol. The highest BCUT2D eigenvalue weighted by atomic mass is 79.9. The molecule has 2 aromatic carbocycles. The first-order valence-corrected chi connectivity index (χ1v) is 8.68. The molecule has 0 saturated carbocycles. The molecule has 0 radical (unpaired) electrons. The molecule has 0 saturated heterocycles. The molecule has 0 spiro atoms. The van der Waals surface area contributed by atoms with Crippen LogP contribution in [0.15, 0.2) is 71.3 Å². The van der Waals surface area contributed by atoms with Gasteiger partial charge in [-0.2, -0.15) is 0 Å². The smallest absolute Gasteiger partial charge is 0.270 e. The minimum atomic E-state index is -0.212. The molecule has 3 aromatic rings. The number of anilines is 2. The molecule has 0 fully saturated rings. The third-order valence-corrected chi connectivity index (χ3v) is 4.00. The zero-order valence-corrected chi connectivity index (χ0v) is 15.0. The molecule has 0 aliphatic carbocycles. The Hall–Kier alpha value is -2.73. The number of nitrogens with zero attached hydrogens (tertiary/aromatic N) is 2. The second kappa shape index (κ2) is 8.39. The standard InChI is InChI=1S/C19H17BrN4O/c20-15-7-4-8-16(13-15)23-19-22-12-10-17(24-19)18(25)21-11-9-14-5-2-1-3-6-14/h1-8,10,12-13H,9,11H2,(H,21,25)(H,22,23,24). The first-order chi connectivity index (χ1) is 12.2. The molecule has 0 atom stereocenters. The summed E-state index contributed by atoms with van der Waals surface area (Å²) in [7, 11) is 0. The highest BCUT2D eigenvalue weighted by Gasteiger charge is 2.08. The average Bonchev–Trinajstić information content (AvgIpc) is 2.63. The molecule has 2 N–H and O–H groups in total. The van der Waals surface area contributed by atoms with Gasteiger partial charge in [0.15, 0.2) is 0 Å². The van der Waals surface area contributed by atoms with Crippen molar-refractivity contribution in [2.24, 2.45) is 0 Å².